The monoisotopic (exact) mass is 301 g/mol. The van der Waals surface area contributed by atoms with Crippen molar-refractivity contribution in [3.63, 3.8) is 0 Å². The lowest BCUT2D eigenvalue weighted by Crippen LogP contribution is -2.00. The molecule has 0 aliphatic rings. The lowest BCUT2D eigenvalue weighted by atomic mass is 10.3. The highest BCUT2D eigenvalue weighted by Crippen LogP contribution is 2.18. The second kappa shape index (κ2) is 5.21. The van der Waals surface area contributed by atoms with E-state index in [0.29, 0.717) is 11.4 Å². The van der Waals surface area contributed by atoms with Crippen molar-refractivity contribution in [3.8, 4) is 0 Å². The van der Waals surface area contributed by atoms with Crippen molar-refractivity contribution in [2.24, 2.45) is 0 Å². The summed E-state index contributed by atoms with van der Waals surface area (Å²) < 4.78 is 23.1. The van der Waals surface area contributed by atoms with E-state index in [0.717, 1.165) is 22.5 Å². The highest BCUT2D eigenvalue weighted by Gasteiger charge is 2.10. The van der Waals surface area contributed by atoms with E-state index in [9.17, 15) is 8.42 Å². The highest BCUT2D eigenvalue weighted by atomic mass is 32.2. The minimum atomic E-state index is -3.20. The Morgan fingerprint density at radius 1 is 1.14 bits per heavy atom. The number of benzene rings is 2. The van der Waals surface area contributed by atoms with Crippen LogP contribution in [0.1, 0.15) is 5.82 Å². The van der Waals surface area contributed by atoms with E-state index < -0.39 is 9.84 Å². The number of imidazole rings is 1. The molecule has 3 rings (SSSR count). The minimum absolute atomic E-state index is 0.293. The van der Waals surface area contributed by atoms with Crippen LogP contribution in [0.5, 0.6) is 0 Å². The predicted octanol–water partition coefficient (Wildman–Crippen LogP) is 2.58. The molecule has 0 aliphatic carbocycles. The molecule has 0 spiro atoms. The van der Waals surface area contributed by atoms with Crippen molar-refractivity contribution in [1.82, 2.24) is 9.97 Å². The maximum Gasteiger partial charge on any atom is 0.175 e. The Labute approximate surface area is 123 Å². The van der Waals surface area contributed by atoms with E-state index in [4.69, 9.17) is 0 Å². The summed E-state index contributed by atoms with van der Waals surface area (Å²) in [5.41, 5.74) is 2.49. The van der Waals surface area contributed by atoms with Gasteiger partial charge in [-0.15, -0.1) is 0 Å². The maximum atomic E-state index is 11.5. The lowest BCUT2D eigenvalue weighted by Gasteiger charge is -2.02. The molecule has 0 bridgehead atoms. The fraction of sp³-hybridized carbons (Fsp3) is 0.133. The van der Waals surface area contributed by atoms with Crippen molar-refractivity contribution in [2.75, 3.05) is 11.6 Å². The molecule has 0 unspecified atom stereocenters. The molecule has 1 heterocycles. The third-order valence-corrected chi connectivity index (χ3v) is 4.27. The Bertz CT molecular complexity index is 870. The van der Waals surface area contributed by atoms with E-state index in [-0.39, 0.29) is 0 Å². The van der Waals surface area contributed by atoms with Gasteiger partial charge in [0.05, 0.1) is 22.5 Å². The first kappa shape index (κ1) is 13.6. The first-order chi connectivity index (χ1) is 10.0. The molecular formula is C15H15N3O2S. The zero-order chi connectivity index (χ0) is 14.9. The lowest BCUT2D eigenvalue weighted by molar-refractivity contribution is 0.602. The van der Waals surface area contributed by atoms with E-state index in [1.165, 1.54) is 6.26 Å². The van der Waals surface area contributed by atoms with Gasteiger partial charge in [0.1, 0.15) is 5.82 Å². The number of hydrogen-bond acceptors (Lipinski definition) is 4. The Hall–Kier alpha value is -2.34. The molecule has 6 heteroatoms. The first-order valence-electron chi connectivity index (χ1n) is 6.50. The Morgan fingerprint density at radius 2 is 1.90 bits per heavy atom. The molecule has 21 heavy (non-hydrogen) atoms. The summed E-state index contributed by atoms with van der Waals surface area (Å²) in [6.07, 6.45) is 1.20. The molecule has 0 amide bonds. The molecule has 2 aromatic carbocycles. The van der Waals surface area contributed by atoms with Gasteiger partial charge >= 0.3 is 0 Å². The molecule has 2 N–H and O–H groups in total. The summed E-state index contributed by atoms with van der Waals surface area (Å²) in [5.74, 6) is 0.763. The first-order valence-corrected chi connectivity index (χ1v) is 8.39. The number of rotatable bonds is 4. The summed E-state index contributed by atoms with van der Waals surface area (Å²) in [6.45, 7) is 0.549. The quantitative estimate of drug-likeness (QED) is 0.776. The largest absolute Gasteiger partial charge is 0.378 e. The van der Waals surface area contributed by atoms with Crippen LogP contribution < -0.4 is 5.32 Å². The van der Waals surface area contributed by atoms with Gasteiger partial charge in [-0.2, -0.15) is 0 Å². The van der Waals surface area contributed by atoms with Gasteiger partial charge in [-0.25, -0.2) is 13.4 Å². The van der Waals surface area contributed by atoms with E-state index in [1.807, 2.05) is 30.3 Å². The topological polar surface area (TPSA) is 74.8 Å². The molecule has 0 saturated heterocycles. The van der Waals surface area contributed by atoms with Crippen LogP contribution in [0.3, 0.4) is 0 Å². The molecule has 0 fully saturated rings. The summed E-state index contributed by atoms with van der Waals surface area (Å²) in [5, 5.41) is 3.25. The average molecular weight is 301 g/mol. The summed E-state index contributed by atoms with van der Waals surface area (Å²) in [7, 11) is -3.20. The SMILES string of the molecule is CS(=O)(=O)c1ccc2nc(CNc3ccccc3)[nH]c2c1. The number of anilines is 1. The number of aromatic amines is 1. The van der Waals surface area contributed by atoms with Crippen molar-refractivity contribution >= 4 is 26.6 Å². The van der Waals surface area contributed by atoms with Crippen LogP contribution in [-0.2, 0) is 16.4 Å². The highest BCUT2D eigenvalue weighted by molar-refractivity contribution is 7.90. The van der Waals surface area contributed by atoms with Gasteiger partial charge in [0.25, 0.3) is 0 Å². The molecule has 108 valence electrons. The number of fused-ring (bicyclic) bond motifs is 1. The number of aromatic nitrogens is 2. The van der Waals surface area contributed by atoms with Gasteiger partial charge in [0.2, 0.25) is 0 Å². The number of sulfone groups is 1. The fourth-order valence-electron chi connectivity index (χ4n) is 2.10. The van der Waals surface area contributed by atoms with E-state index in [2.05, 4.69) is 15.3 Å². The smallest absolute Gasteiger partial charge is 0.175 e. The number of nitrogens with one attached hydrogen (secondary N) is 2. The predicted molar refractivity (Wildman–Crippen MR) is 83.0 cm³/mol. The van der Waals surface area contributed by atoms with Gasteiger partial charge in [-0.05, 0) is 30.3 Å². The molecule has 0 atom stereocenters. The minimum Gasteiger partial charge on any atom is -0.378 e. The number of para-hydroxylation sites is 1. The summed E-state index contributed by atoms with van der Waals surface area (Å²) >= 11 is 0. The number of H-pyrrole nitrogens is 1. The fourth-order valence-corrected chi connectivity index (χ4v) is 2.74. The Kier molecular flexibility index (Phi) is 3.39. The van der Waals surface area contributed by atoms with Crippen LogP contribution in [-0.4, -0.2) is 24.6 Å². The van der Waals surface area contributed by atoms with E-state index >= 15 is 0 Å². The average Bonchev–Trinajstić information content (AvgIpc) is 2.87. The van der Waals surface area contributed by atoms with Crippen molar-refractivity contribution in [2.45, 2.75) is 11.4 Å². The molecule has 5 nitrogen and oxygen atoms in total. The normalized spacial score (nSPS) is 11.7. The molecule has 0 saturated carbocycles. The summed E-state index contributed by atoms with van der Waals surface area (Å²) in [6, 6.07) is 14.7. The maximum absolute atomic E-state index is 11.5. The van der Waals surface area contributed by atoms with Crippen molar-refractivity contribution in [3.05, 3.63) is 54.4 Å². The number of nitrogens with zero attached hydrogens (tertiary/aromatic N) is 1. The second-order valence-electron chi connectivity index (χ2n) is 4.85. The summed E-state index contributed by atoms with van der Waals surface area (Å²) in [4.78, 5) is 7.87. The standard InChI is InChI=1S/C15H15N3O2S/c1-21(19,20)12-7-8-13-14(9-12)18-15(17-13)10-16-11-5-3-2-4-6-11/h2-9,16H,10H2,1H3,(H,17,18). The van der Waals surface area contributed by atoms with Gasteiger partial charge in [0, 0.05) is 11.9 Å². The molecule has 1 aromatic heterocycles. The van der Waals surface area contributed by atoms with Crippen molar-refractivity contribution in [1.29, 1.82) is 0 Å². The van der Waals surface area contributed by atoms with Crippen molar-refractivity contribution < 1.29 is 8.42 Å². The van der Waals surface area contributed by atoms with Crippen LogP contribution >= 0.6 is 0 Å². The van der Waals surface area contributed by atoms with Crippen LogP contribution in [0.4, 0.5) is 5.69 Å². The second-order valence-corrected chi connectivity index (χ2v) is 6.87. The van der Waals surface area contributed by atoms with Gasteiger partial charge < -0.3 is 10.3 Å². The van der Waals surface area contributed by atoms with E-state index in [1.54, 1.807) is 18.2 Å². The molecule has 3 aromatic rings. The zero-order valence-electron chi connectivity index (χ0n) is 11.5. The molecule has 0 aliphatic heterocycles. The molecular weight excluding hydrogens is 286 g/mol. The van der Waals surface area contributed by atoms with Crippen LogP contribution in [0.2, 0.25) is 0 Å². The Morgan fingerprint density at radius 3 is 2.62 bits per heavy atom. The Balaban J connectivity index is 1.84. The van der Waals surface area contributed by atoms with Crippen LogP contribution in [0, 0.1) is 0 Å². The van der Waals surface area contributed by atoms with Crippen LogP contribution in [0.25, 0.3) is 11.0 Å². The van der Waals surface area contributed by atoms with Gasteiger partial charge in [-0.1, -0.05) is 18.2 Å². The molecule has 0 radical (unpaired) electrons. The van der Waals surface area contributed by atoms with Gasteiger partial charge in [0.15, 0.2) is 9.84 Å². The third kappa shape index (κ3) is 3.05. The van der Waals surface area contributed by atoms with Gasteiger partial charge in [-0.3, -0.25) is 0 Å². The third-order valence-electron chi connectivity index (χ3n) is 3.16. The van der Waals surface area contributed by atoms with Crippen LogP contribution in [0.15, 0.2) is 53.4 Å². The number of hydrogen-bond donors (Lipinski definition) is 2. The zero-order valence-corrected chi connectivity index (χ0v) is 12.3.